The Kier molecular flexibility index (Phi) is 5.96. The van der Waals surface area contributed by atoms with Crippen LogP contribution in [0.1, 0.15) is 33.1 Å². The van der Waals surface area contributed by atoms with Gasteiger partial charge in [0.1, 0.15) is 6.29 Å². The Morgan fingerprint density at radius 1 is 1.43 bits per heavy atom. The molecule has 3 heteroatoms. The lowest BCUT2D eigenvalue weighted by Crippen LogP contribution is -2.44. The van der Waals surface area contributed by atoms with E-state index in [-0.39, 0.29) is 5.54 Å². The molecule has 0 heterocycles. The van der Waals surface area contributed by atoms with Gasteiger partial charge in [0.2, 0.25) is 0 Å². The molecule has 1 saturated carbocycles. The molecule has 14 heavy (non-hydrogen) atoms. The standard InChI is InChI=1S/C6H16N2.C5H8O/c1-6(2,5-7)8(3)4;6-4-5-2-1-3-5/h5,7H2,1-4H3;4-5H,1-3H2. The number of rotatable bonds is 3. The molecule has 0 aliphatic heterocycles. The molecule has 84 valence electrons. The number of carbonyl (C=O) groups is 1. The molecule has 1 rings (SSSR count). The van der Waals surface area contributed by atoms with Gasteiger partial charge in [-0.1, -0.05) is 6.42 Å². The quantitative estimate of drug-likeness (QED) is 0.698. The van der Waals surface area contributed by atoms with Crippen molar-refractivity contribution in [3.05, 3.63) is 0 Å². The van der Waals surface area contributed by atoms with Crippen LogP contribution in [0.5, 0.6) is 0 Å². The molecule has 0 saturated heterocycles. The van der Waals surface area contributed by atoms with Crippen LogP contribution >= 0.6 is 0 Å². The fourth-order valence-electron chi connectivity index (χ4n) is 0.758. The summed E-state index contributed by atoms with van der Waals surface area (Å²) in [6.45, 7) is 4.94. The molecule has 0 aromatic carbocycles. The molecule has 3 nitrogen and oxygen atoms in total. The lowest BCUT2D eigenvalue weighted by Gasteiger charge is -2.30. The van der Waals surface area contributed by atoms with Crippen LogP contribution in [-0.4, -0.2) is 37.4 Å². The number of carbonyl (C=O) groups excluding carboxylic acids is 1. The van der Waals surface area contributed by atoms with Crippen LogP contribution in [0.15, 0.2) is 0 Å². The van der Waals surface area contributed by atoms with Crippen LogP contribution in [0, 0.1) is 5.92 Å². The number of likely N-dealkylation sites (N-methyl/N-ethyl adjacent to an activating group) is 1. The van der Waals surface area contributed by atoms with Crippen molar-refractivity contribution >= 4 is 6.29 Å². The highest BCUT2D eigenvalue weighted by molar-refractivity contribution is 5.54. The van der Waals surface area contributed by atoms with E-state index >= 15 is 0 Å². The van der Waals surface area contributed by atoms with Gasteiger partial charge in [-0.25, -0.2) is 0 Å². The lowest BCUT2D eigenvalue weighted by molar-refractivity contribution is -0.113. The number of hydrogen-bond acceptors (Lipinski definition) is 3. The van der Waals surface area contributed by atoms with Crippen molar-refractivity contribution in [3.63, 3.8) is 0 Å². The van der Waals surface area contributed by atoms with Crippen LogP contribution in [0.3, 0.4) is 0 Å². The first kappa shape index (κ1) is 13.6. The maximum Gasteiger partial charge on any atom is 0.123 e. The summed E-state index contributed by atoms with van der Waals surface area (Å²) < 4.78 is 0. The normalized spacial score (nSPS) is 17.0. The second-order valence-electron chi connectivity index (χ2n) is 4.74. The first-order valence-corrected chi connectivity index (χ1v) is 5.27. The highest BCUT2D eigenvalue weighted by atomic mass is 16.1. The van der Waals surface area contributed by atoms with Crippen LogP contribution in [0.4, 0.5) is 0 Å². The Morgan fingerprint density at radius 3 is 1.93 bits per heavy atom. The molecule has 0 bridgehead atoms. The zero-order chi connectivity index (χ0) is 11.2. The molecule has 1 aliphatic rings. The molecule has 0 atom stereocenters. The third-order valence-electron chi connectivity index (χ3n) is 3.05. The first-order chi connectivity index (χ1) is 6.44. The van der Waals surface area contributed by atoms with Crippen molar-refractivity contribution in [2.75, 3.05) is 20.6 Å². The third kappa shape index (κ3) is 4.72. The van der Waals surface area contributed by atoms with Gasteiger partial charge in [0, 0.05) is 18.0 Å². The predicted molar refractivity (Wildman–Crippen MR) is 60.2 cm³/mol. The summed E-state index contributed by atoms with van der Waals surface area (Å²) in [5, 5.41) is 0. The van der Waals surface area contributed by atoms with E-state index in [1.807, 2.05) is 14.1 Å². The van der Waals surface area contributed by atoms with E-state index in [0.717, 1.165) is 19.1 Å². The maximum absolute atomic E-state index is 9.79. The van der Waals surface area contributed by atoms with Crippen molar-refractivity contribution in [1.82, 2.24) is 4.90 Å². The summed E-state index contributed by atoms with van der Waals surface area (Å²) >= 11 is 0. The summed E-state index contributed by atoms with van der Waals surface area (Å²) in [6.07, 6.45) is 4.61. The van der Waals surface area contributed by atoms with E-state index in [1.54, 1.807) is 0 Å². The van der Waals surface area contributed by atoms with E-state index in [0.29, 0.717) is 12.5 Å². The molecule has 0 spiro atoms. The van der Waals surface area contributed by atoms with Gasteiger partial charge < -0.3 is 15.4 Å². The average molecular weight is 200 g/mol. The summed E-state index contributed by atoms with van der Waals surface area (Å²) in [5.41, 5.74) is 5.62. The Labute approximate surface area is 87.6 Å². The summed E-state index contributed by atoms with van der Waals surface area (Å²) in [6, 6.07) is 0. The van der Waals surface area contributed by atoms with Crippen molar-refractivity contribution in [3.8, 4) is 0 Å². The van der Waals surface area contributed by atoms with Gasteiger partial charge in [-0.15, -0.1) is 0 Å². The molecule has 1 aliphatic carbocycles. The fourth-order valence-corrected chi connectivity index (χ4v) is 0.758. The molecule has 0 unspecified atom stereocenters. The van der Waals surface area contributed by atoms with Crippen LogP contribution < -0.4 is 5.73 Å². The number of nitrogens with two attached hydrogens (primary N) is 1. The van der Waals surface area contributed by atoms with E-state index in [4.69, 9.17) is 5.73 Å². The maximum atomic E-state index is 9.79. The van der Waals surface area contributed by atoms with Gasteiger partial charge >= 0.3 is 0 Å². The van der Waals surface area contributed by atoms with Crippen molar-refractivity contribution in [2.24, 2.45) is 11.7 Å². The topological polar surface area (TPSA) is 46.3 Å². The second kappa shape index (κ2) is 6.14. The van der Waals surface area contributed by atoms with Crippen LogP contribution in [0.2, 0.25) is 0 Å². The smallest absolute Gasteiger partial charge is 0.123 e. The Morgan fingerprint density at radius 2 is 1.93 bits per heavy atom. The highest BCUT2D eigenvalue weighted by Crippen LogP contribution is 2.23. The van der Waals surface area contributed by atoms with Crippen molar-refractivity contribution < 1.29 is 4.79 Å². The SMILES string of the molecule is CN(C)C(C)(C)CN.O=CC1CCC1. The highest BCUT2D eigenvalue weighted by Gasteiger charge is 2.16. The van der Waals surface area contributed by atoms with Gasteiger partial charge in [0.25, 0.3) is 0 Å². The van der Waals surface area contributed by atoms with E-state index in [1.165, 1.54) is 6.42 Å². The minimum absolute atomic E-state index is 0.153. The third-order valence-corrected chi connectivity index (χ3v) is 3.05. The largest absolute Gasteiger partial charge is 0.329 e. The second-order valence-corrected chi connectivity index (χ2v) is 4.74. The predicted octanol–water partition coefficient (Wildman–Crippen LogP) is 1.27. The van der Waals surface area contributed by atoms with E-state index in [2.05, 4.69) is 18.7 Å². The molecule has 0 radical (unpaired) electrons. The Bertz CT molecular complexity index is 163. The number of aldehydes is 1. The molecule has 0 amide bonds. The molecular formula is C11H24N2O. The zero-order valence-corrected chi connectivity index (χ0v) is 9.92. The number of nitrogens with zero attached hydrogens (tertiary/aromatic N) is 1. The van der Waals surface area contributed by atoms with Crippen molar-refractivity contribution in [2.45, 2.75) is 38.6 Å². The summed E-state index contributed by atoms with van der Waals surface area (Å²) in [5.74, 6) is 0.435. The molecule has 0 aromatic rings. The number of hydrogen-bond donors (Lipinski definition) is 1. The van der Waals surface area contributed by atoms with Crippen molar-refractivity contribution in [1.29, 1.82) is 0 Å². The zero-order valence-electron chi connectivity index (χ0n) is 9.92. The monoisotopic (exact) mass is 200 g/mol. The Balaban J connectivity index is 0.000000249. The molecule has 0 aromatic heterocycles. The summed E-state index contributed by atoms with van der Waals surface area (Å²) in [7, 11) is 4.07. The lowest BCUT2D eigenvalue weighted by atomic mass is 9.87. The van der Waals surface area contributed by atoms with Crippen LogP contribution in [-0.2, 0) is 4.79 Å². The van der Waals surface area contributed by atoms with Gasteiger partial charge in [-0.2, -0.15) is 0 Å². The van der Waals surface area contributed by atoms with Gasteiger partial charge in [-0.3, -0.25) is 0 Å². The molecule has 1 fully saturated rings. The van der Waals surface area contributed by atoms with Gasteiger partial charge in [0.15, 0.2) is 0 Å². The molecule has 2 N–H and O–H groups in total. The first-order valence-electron chi connectivity index (χ1n) is 5.27. The van der Waals surface area contributed by atoms with Gasteiger partial charge in [-0.05, 0) is 40.8 Å². The average Bonchev–Trinajstić information content (AvgIpc) is 2.03. The Hall–Kier alpha value is -0.410. The van der Waals surface area contributed by atoms with E-state index < -0.39 is 0 Å². The van der Waals surface area contributed by atoms with Gasteiger partial charge in [0.05, 0.1) is 0 Å². The minimum Gasteiger partial charge on any atom is -0.329 e. The minimum atomic E-state index is 0.153. The fraction of sp³-hybridized carbons (Fsp3) is 0.909. The van der Waals surface area contributed by atoms with E-state index in [9.17, 15) is 4.79 Å². The molecular weight excluding hydrogens is 176 g/mol. The summed E-state index contributed by atoms with van der Waals surface area (Å²) in [4.78, 5) is 11.9. The van der Waals surface area contributed by atoms with Crippen LogP contribution in [0.25, 0.3) is 0 Å².